The summed E-state index contributed by atoms with van der Waals surface area (Å²) in [6.45, 7) is -0.682. The molecule has 2 aromatic rings. The van der Waals surface area contributed by atoms with Gasteiger partial charge in [-0.2, -0.15) is 8.78 Å². The highest BCUT2D eigenvalue weighted by Gasteiger charge is 2.06. The average molecular weight is 298 g/mol. The third-order valence-electron chi connectivity index (χ3n) is 2.82. The number of halogens is 2. The zero-order chi connectivity index (χ0) is 14.4. The van der Waals surface area contributed by atoms with Crippen LogP contribution in [0.25, 0.3) is 0 Å². The van der Waals surface area contributed by atoms with Gasteiger partial charge in [-0.1, -0.05) is 12.1 Å². The van der Waals surface area contributed by atoms with Gasteiger partial charge in [0.2, 0.25) is 0 Å². The fraction of sp³-hybridized carbons (Fsp3) is 0.357. The van der Waals surface area contributed by atoms with Crippen molar-refractivity contribution in [2.75, 3.05) is 5.32 Å². The summed E-state index contributed by atoms with van der Waals surface area (Å²) in [4.78, 5) is 4.17. The Morgan fingerprint density at radius 1 is 1.30 bits per heavy atom. The number of rotatable bonds is 7. The van der Waals surface area contributed by atoms with Crippen molar-refractivity contribution in [1.29, 1.82) is 0 Å². The minimum atomic E-state index is -2.77. The lowest BCUT2D eigenvalue weighted by molar-refractivity contribution is -0.0498. The highest BCUT2D eigenvalue weighted by atomic mass is 32.1. The molecule has 0 aliphatic rings. The van der Waals surface area contributed by atoms with Crippen LogP contribution in [0.2, 0.25) is 0 Å². The number of hydrogen-bond donors (Lipinski definition) is 1. The predicted molar refractivity (Wildman–Crippen MR) is 76.6 cm³/mol. The molecule has 3 nitrogen and oxygen atoms in total. The van der Waals surface area contributed by atoms with Gasteiger partial charge in [-0.15, -0.1) is 11.3 Å². The summed E-state index contributed by atoms with van der Waals surface area (Å²) in [5.74, 6) is 0.192. The third-order valence-corrected chi connectivity index (χ3v) is 3.52. The van der Waals surface area contributed by atoms with E-state index < -0.39 is 6.61 Å². The van der Waals surface area contributed by atoms with E-state index in [1.165, 1.54) is 0 Å². The zero-order valence-electron chi connectivity index (χ0n) is 11.1. The highest BCUT2D eigenvalue weighted by Crippen LogP contribution is 2.17. The molecule has 0 aliphatic heterocycles. The van der Waals surface area contributed by atoms with E-state index in [1.54, 1.807) is 29.7 Å². The Morgan fingerprint density at radius 3 is 2.65 bits per heavy atom. The molecule has 0 saturated heterocycles. The number of alkyl halides is 2. The molecule has 6 heteroatoms. The maximum absolute atomic E-state index is 12.0. The van der Waals surface area contributed by atoms with Crippen LogP contribution in [0.4, 0.5) is 13.9 Å². The van der Waals surface area contributed by atoms with Crippen molar-refractivity contribution in [3.05, 3.63) is 41.4 Å². The van der Waals surface area contributed by atoms with Gasteiger partial charge in [0.1, 0.15) is 5.75 Å². The van der Waals surface area contributed by atoms with Gasteiger partial charge in [0.15, 0.2) is 5.13 Å². The van der Waals surface area contributed by atoms with Crippen LogP contribution in [0.15, 0.2) is 35.8 Å². The van der Waals surface area contributed by atoms with Crippen molar-refractivity contribution in [3.8, 4) is 5.75 Å². The Hall–Kier alpha value is -1.69. The smallest absolute Gasteiger partial charge is 0.387 e. The van der Waals surface area contributed by atoms with Gasteiger partial charge >= 0.3 is 6.61 Å². The second-order valence-electron chi connectivity index (χ2n) is 4.44. The molecule has 1 N–H and O–H groups in total. The number of nitrogens with one attached hydrogen (secondary N) is 1. The van der Waals surface area contributed by atoms with E-state index in [9.17, 15) is 8.78 Å². The molecule has 1 atom stereocenters. The Balaban J connectivity index is 1.78. The topological polar surface area (TPSA) is 34.1 Å². The standard InChI is InChI=1S/C14H16F2N2OS/c1-10(18-14-17-8-9-20-14)2-3-11-4-6-12(7-5-11)19-13(15)16/h4-10,13H,2-3H2,1H3,(H,17,18). The third kappa shape index (κ3) is 4.77. The zero-order valence-corrected chi connectivity index (χ0v) is 11.9. The van der Waals surface area contributed by atoms with Gasteiger partial charge in [-0.05, 0) is 37.5 Å². The van der Waals surface area contributed by atoms with Crippen LogP contribution in [0.3, 0.4) is 0 Å². The first-order valence-electron chi connectivity index (χ1n) is 6.33. The molecule has 0 bridgehead atoms. The molecule has 0 radical (unpaired) electrons. The normalized spacial score (nSPS) is 12.4. The Bertz CT molecular complexity index is 502. The minimum Gasteiger partial charge on any atom is -0.435 e. The molecule has 108 valence electrons. The maximum atomic E-state index is 12.0. The monoisotopic (exact) mass is 298 g/mol. The van der Waals surface area contributed by atoms with Gasteiger partial charge in [0.05, 0.1) is 0 Å². The Morgan fingerprint density at radius 2 is 2.05 bits per heavy atom. The molecule has 1 aromatic heterocycles. The van der Waals surface area contributed by atoms with Crippen molar-refractivity contribution in [2.24, 2.45) is 0 Å². The van der Waals surface area contributed by atoms with E-state index >= 15 is 0 Å². The Labute approximate surface area is 120 Å². The van der Waals surface area contributed by atoms with Crippen LogP contribution in [0, 0.1) is 0 Å². The van der Waals surface area contributed by atoms with E-state index in [4.69, 9.17) is 0 Å². The summed E-state index contributed by atoms with van der Waals surface area (Å²) in [7, 11) is 0. The molecular weight excluding hydrogens is 282 g/mol. The molecule has 1 aromatic carbocycles. The SMILES string of the molecule is CC(CCc1ccc(OC(F)F)cc1)Nc1nccs1. The molecule has 0 amide bonds. The summed E-state index contributed by atoms with van der Waals surface area (Å²) in [6.07, 6.45) is 3.57. The first-order chi connectivity index (χ1) is 9.63. The van der Waals surface area contributed by atoms with Gasteiger partial charge in [0, 0.05) is 17.6 Å². The van der Waals surface area contributed by atoms with Crippen LogP contribution >= 0.6 is 11.3 Å². The number of benzene rings is 1. The number of hydrogen-bond acceptors (Lipinski definition) is 4. The summed E-state index contributed by atoms with van der Waals surface area (Å²) in [5, 5.41) is 6.16. The van der Waals surface area contributed by atoms with Gasteiger partial charge in [-0.3, -0.25) is 0 Å². The van der Waals surface area contributed by atoms with E-state index in [1.807, 2.05) is 17.5 Å². The largest absolute Gasteiger partial charge is 0.435 e. The molecular formula is C14H16F2N2OS. The average Bonchev–Trinajstić information content (AvgIpc) is 2.90. The first-order valence-corrected chi connectivity index (χ1v) is 7.21. The molecule has 0 saturated carbocycles. The van der Waals surface area contributed by atoms with E-state index in [-0.39, 0.29) is 5.75 Å². The van der Waals surface area contributed by atoms with Crippen molar-refractivity contribution in [3.63, 3.8) is 0 Å². The number of aryl methyl sites for hydroxylation is 1. The van der Waals surface area contributed by atoms with E-state index in [0.29, 0.717) is 6.04 Å². The van der Waals surface area contributed by atoms with Gasteiger partial charge in [-0.25, -0.2) is 4.98 Å². The fourth-order valence-corrected chi connectivity index (χ4v) is 2.44. The minimum absolute atomic E-state index is 0.192. The summed E-state index contributed by atoms with van der Waals surface area (Å²) in [5.41, 5.74) is 1.10. The molecule has 2 rings (SSSR count). The van der Waals surface area contributed by atoms with Crippen LogP contribution in [0.5, 0.6) is 5.75 Å². The predicted octanol–water partition coefficient (Wildman–Crippen LogP) is 4.18. The molecule has 1 unspecified atom stereocenters. The van der Waals surface area contributed by atoms with Gasteiger partial charge < -0.3 is 10.1 Å². The van der Waals surface area contributed by atoms with Crippen LogP contribution in [-0.2, 0) is 6.42 Å². The summed E-state index contributed by atoms with van der Waals surface area (Å²) in [6, 6.07) is 7.07. The Kier molecular flexibility index (Phi) is 5.29. The van der Waals surface area contributed by atoms with E-state index in [0.717, 1.165) is 23.5 Å². The lowest BCUT2D eigenvalue weighted by Gasteiger charge is -2.13. The second-order valence-corrected chi connectivity index (χ2v) is 5.34. The highest BCUT2D eigenvalue weighted by molar-refractivity contribution is 7.13. The van der Waals surface area contributed by atoms with Crippen molar-refractivity contribution >= 4 is 16.5 Å². The summed E-state index contributed by atoms with van der Waals surface area (Å²) < 4.78 is 28.4. The molecule has 0 spiro atoms. The van der Waals surface area contributed by atoms with Crippen LogP contribution in [0.1, 0.15) is 18.9 Å². The van der Waals surface area contributed by atoms with Crippen LogP contribution < -0.4 is 10.1 Å². The van der Waals surface area contributed by atoms with Gasteiger partial charge in [0.25, 0.3) is 0 Å². The number of anilines is 1. The molecule has 0 aliphatic carbocycles. The number of aromatic nitrogens is 1. The fourth-order valence-electron chi connectivity index (χ4n) is 1.80. The molecule has 0 fully saturated rings. The lowest BCUT2D eigenvalue weighted by Crippen LogP contribution is -2.15. The number of thiazole rings is 1. The quantitative estimate of drug-likeness (QED) is 0.832. The first kappa shape index (κ1) is 14.7. The van der Waals surface area contributed by atoms with Crippen molar-refractivity contribution in [1.82, 2.24) is 4.98 Å². The van der Waals surface area contributed by atoms with E-state index in [2.05, 4.69) is 22.0 Å². The molecule has 20 heavy (non-hydrogen) atoms. The van der Waals surface area contributed by atoms with Crippen molar-refractivity contribution < 1.29 is 13.5 Å². The maximum Gasteiger partial charge on any atom is 0.387 e. The van der Waals surface area contributed by atoms with Crippen molar-refractivity contribution in [2.45, 2.75) is 32.4 Å². The summed E-state index contributed by atoms with van der Waals surface area (Å²) >= 11 is 1.57. The number of nitrogens with zero attached hydrogens (tertiary/aromatic N) is 1. The molecule has 1 heterocycles. The van der Waals surface area contributed by atoms with Crippen LogP contribution in [-0.4, -0.2) is 17.6 Å². The number of ether oxygens (including phenoxy) is 1. The second kappa shape index (κ2) is 7.19. The lowest BCUT2D eigenvalue weighted by atomic mass is 10.1.